The highest BCUT2D eigenvalue weighted by atomic mass is 79.9. The number of rotatable bonds is 5. The van der Waals surface area contributed by atoms with Gasteiger partial charge < -0.3 is 9.84 Å². The first kappa shape index (κ1) is 16.0. The summed E-state index contributed by atoms with van der Waals surface area (Å²) >= 11 is 9.64. The summed E-state index contributed by atoms with van der Waals surface area (Å²) in [4.78, 5) is 3.84. The molecule has 3 rings (SSSR count). The molecule has 0 radical (unpaired) electrons. The van der Waals surface area contributed by atoms with Crippen molar-refractivity contribution < 1.29 is 9.84 Å². The monoisotopic (exact) mass is 393 g/mol. The minimum atomic E-state index is -0.772. The molecule has 0 amide bonds. The van der Waals surface area contributed by atoms with E-state index in [-0.39, 0.29) is 6.54 Å². The van der Waals surface area contributed by atoms with Gasteiger partial charge in [-0.05, 0) is 36.4 Å². The van der Waals surface area contributed by atoms with E-state index in [2.05, 4.69) is 26.0 Å². The highest BCUT2D eigenvalue weighted by molar-refractivity contribution is 9.10. The Kier molecular flexibility index (Phi) is 4.95. The second-order valence-corrected chi connectivity index (χ2v) is 6.20. The number of aliphatic hydroxyl groups excluding tert-OH is 1. The Hall–Kier alpha value is -1.89. The molecule has 5 nitrogen and oxygen atoms in total. The average Bonchev–Trinajstić information content (AvgIpc) is 3.02. The fourth-order valence-corrected chi connectivity index (χ4v) is 2.64. The van der Waals surface area contributed by atoms with E-state index in [1.54, 1.807) is 29.2 Å². The van der Waals surface area contributed by atoms with Gasteiger partial charge in [-0.25, -0.2) is 4.98 Å². The molecule has 23 heavy (non-hydrogen) atoms. The summed E-state index contributed by atoms with van der Waals surface area (Å²) < 4.78 is 8.27. The number of hydrogen-bond acceptors (Lipinski definition) is 4. The second-order valence-electron chi connectivity index (χ2n) is 4.87. The van der Waals surface area contributed by atoms with Crippen LogP contribution in [0.15, 0.2) is 59.6 Å². The fraction of sp³-hybridized carbons (Fsp3) is 0.125. The van der Waals surface area contributed by atoms with Crippen molar-refractivity contribution in [2.24, 2.45) is 0 Å². The van der Waals surface area contributed by atoms with Crippen LogP contribution < -0.4 is 4.74 Å². The SMILES string of the molecule is OC(Cn1cncn1)c1ccc(Oc2ccc(Br)cc2)cc1Cl. The lowest BCUT2D eigenvalue weighted by Gasteiger charge is -2.14. The van der Waals surface area contributed by atoms with Gasteiger partial charge in [-0.3, -0.25) is 4.68 Å². The summed E-state index contributed by atoms with van der Waals surface area (Å²) in [5.41, 5.74) is 0.616. The largest absolute Gasteiger partial charge is 0.457 e. The lowest BCUT2D eigenvalue weighted by Crippen LogP contribution is -2.09. The fourth-order valence-electron chi connectivity index (χ4n) is 2.08. The van der Waals surface area contributed by atoms with Gasteiger partial charge in [0.1, 0.15) is 30.3 Å². The number of hydrogen-bond donors (Lipinski definition) is 1. The van der Waals surface area contributed by atoms with Gasteiger partial charge in [-0.15, -0.1) is 0 Å². The van der Waals surface area contributed by atoms with E-state index in [4.69, 9.17) is 16.3 Å². The first-order valence-electron chi connectivity index (χ1n) is 6.85. The minimum Gasteiger partial charge on any atom is -0.457 e. The summed E-state index contributed by atoms with van der Waals surface area (Å²) in [6.07, 6.45) is 2.19. The molecule has 7 heteroatoms. The van der Waals surface area contributed by atoms with Crippen molar-refractivity contribution in [3.8, 4) is 11.5 Å². The Morgan fingerprint density at radius 3 is 2.57 bits per heavy atom. The molecule has 0 bridgehead atoms. The molecule has 0 saturated heterocycles. The van der Waals surface area contributed by atoms with Crippen LogP contribution in [0.5, 0.6) is 11.5 Å². The molecule has 1 atom stereocenters. The molecule has 2 aromatic carbocycles. The van der Waals surface area contributed by atoms with Crippen molar-refractivity contribution in [2.75, 3.05) is 0 Å². The van der Waals surface area contributed by atoms with Crippen LogP contribution in [0.2, 0.25) is 5.02 Å². The van der Waals surface area contributed by atoms with Gasteiger partial charge in [-0.1, -0.05) is 33.6 Å². The number of benzene rings is 2. The van der Waals surface area contributed by atoms with Crippen LogP contribution in [-0.2, 0) is 6.54 Å². The number of aliphatic hydroxyl groups is 1. The zero-order chi connectivity index (χ0) is 16.2. The van der Waals surface area contributed by atoms with E-state index in [1.165, 1.54) is 6.33 Å². The van der Waals surface area contributed by atoms with Gasteiger partial charge in [0.15, 0.2) is 0 Å². The maximum absolute atomic E-state index is 10.3. The maximum Gasteiger partial charge on any atom is 0.137 e. The number of nitrogens with zero attached hydrogens (tertiary/aromatic N) is 3. The molecule has 0 saturated carbocycles. The lowest BCUT2D eigenvalue weighted by molar-refractivity contribution is 0.151. The standard InChI is InChI=1S/C16H13BrClN3O2/c17-11-1-3-12(4-2-11)23-13-5-6-14(15(18)7-13)16(22)8-21-10-19-9-20-21/h1-7,9-10,16,22H,8H2. The van der Waals surface area contributed by atoms with Crippen molar-refractivity contribution >= 4 is 27.5 Å². The smallest absolute Gasteiger partial charge is 0.137 e. The molecule has 1 N–H and O–H groups in total. The van der Waals surface area contributed by atoms with Gasteiger partial charge in [0.05, 0.1) is 11.6 Å². The third kappa shape index (κ3) is 4.10. The van der Waals surface area contributed by atoms with E-state index in [9.17, 15) is 5.11 Å². The molecule has 1 heterocycles. The summed E-state index contributed by atoms with van der Waals surface area (Å²) in [7, 11) is 0. The Bertz CT molecular complexity index is 779. The maximum atomic E-state index is 10.3. The summed E-state index contributed by atoms with van der Waals surface area (Å²) in [5, 5.41) is 14.7. The van der Waals surface area contributed by atoms with Crippen LogP contribution in [-0.4, -0.2) is 19.9 Å². The molecular weight excluding hydrogens is 382 g/mol. The third-order valence-corrected chi connectivity index (χ3v) is 4.06. The van der Waals surface area contributed by atoms with E-state index in [1.807, 2.05) is 24.3 Å². The van der Waals surface area contributed by atoms with Crippen LogP contribution in [0.3, 0.4) is 0 Å². The first-order chi connectivity index (χ1) is 11.1. The van der Waals surface area contributed by atoms with E-state index >= 15 is 0 Å². The Balaban J connectivity index is 1.73. The Labute approximate surface area is 146 Å². The lowest BCUT2D eigenvalue weighted by atomic mass is 10.1. The van der Waals surface area contributed by atoms with E-state index in [0.29, 0.717) is 22.1 Å². The first-order valence-corrected chi connectivity index (χ1v) is 8.02. The molecule has 1 aromatic heterocycles. The van der Waals surface area contributed by atoms with Crippen molar-refractivity contribution in [2.45, 2.75) is 12.6 Å². The summed E-state index contributed by atoms with van der Waals surface area (Å²) in [6.45, 7) is 0.284. The number of aromatic nitrogens is 3. The number of ether oxygens (including phenoxy) is 1. The molecule has 0 aliphatic heterocycles. The zero-order valence-corrected chi connectivity index (χ0v) is 14.3. The zero-order valence-electron chi connectivity index (χ0n) is 11.9. The normalized spacial score (nSPS) is 12.1. The molecule has 3 aromatic rings. The van der Waals surface area contributed by atoms with Gasteiger partial charge in [0.2, 0.25) is 0 Å². The molecule has 0 aliphatic rings. The highest BCUT2D eigenvalue weighted by Gasteiger charge is 2.14. The van der Waals surface area contributed by atoms with Crippen LogP contribution in [0.1, 0.15) is 11.7 Å². The van der Waals surface area contributed by atoms with Crippen LogP contribution in [0, 0.1) is 0 Å². The molecule has 0 aliphatic carbocycles. The average molecular weight is 395 g/mol. The van der Waals surface area contributed by atoms with Crippen molar-refractivity contribution in [1.82, 2.24) is 14.8 Å². The highest BCUT2D eigenvalue weighted by Crippen LogP contribution is 2.31. The predicted molar refractivity (Wildman–Crippen MR) is 90.6 cm³/mol. The Morgan fingerprint density at radius 2 is 1.91 bits per heavy atom. The van der Waals surface area contributed by atoms with E-state index in [0.717, 1.165) is 4.47 Å². The van der Waals surface area contributed by atoms with Crippen molar-refractivity contribution in [3.63, 3.8) is 0 Å². The quantitative estimate of drug-likeness (QED) is 0.704. The topological polar surface area (TPSA) is 60.2 Å². The summed E-state index contributed by atoms with van der Waals surface area (Å²) in [5.74, 6) is 1.31. The van der Waals surface area contributed by atoms with Gasteiger partial charge >= 0.3 is 0 Å². The third-order valence-electron chi connectivity index (χ3n) is 3.21. The predicted octanol–water partition coefficient (Wildman–Crippen LogP) is 4.22. The van der Waals surface area contributed by atoms with Crippen molar-refractivity contribution in [3.05, 3.63) is 70.2 Å². The molecular formula is C16H13BrClN3O2. The second kappa shape index (κ2) is 7.12. The summed E-state index contributed by atoms with van der Waals surface area (Å²) in [6, 6.07) is 12.7. The Morgan fingerprint density at radius 1 is 1.17 bits per heavy atom. The molecule has 1 unspecified atom stereocenters. The van der Waals surface area contributed by atoms with E-state index < -0.39 is 6.10 Å². The minimum absolute atomic E-state index is 0.284. The van der Waals surface area contributed by atoms with Crippen LogP contribution in [0.4, 0.5) is 0 Å². The van der Waals surface area contributed by atoms with Crippen molar-refractivity contribution in [1.29, 1.82) is 0 Å². The van der Waals surface area contributed by atoms with Crippen LogP contribution in [0.25, 0.3) is 0 Å². The van der Waals surface area contributed by atoms with Gasteiger partial charge in [0, 0.05) is 10.0 Å². The molecule has 0 fully saturated rings. The van der Waals surface area contributed by atoms with Crippen LogP contribution >= 0.6 is 27.5 Å². The molecule has 0 spiro atoms. The van der Waals surface area contributed by atoms with Gasteiger partial charge in [0.25, 0.3) is 0 Å². The number of halogens is 2. The van der Waals surface area contributed by atoms with Gasteiger partial charge in [-0.2, -0.15) is 5.10 Å². The molecule has 118 valence electrons.